The van der Waals surface area contributed by atoms with Crippen molar-refractivity contribution >= 4 is 15.5 Å². The molecule has 0 aliphatic heterocycles. The topological polar surface area (TPSA) is 78.0 Å². The van der Waals surface area contributed by atoms with Crippen LogP contribution in [0.5, 0.6) is 0 Å². The van der Waals surface area contributed by atoms with E-state index in [1.54, 1.807) is 18.3 Å². The van der Waals surface area contributed by atoms with Crippen molar-refractivity contribution in [3.8, 4) is 0 Å². The summed E-state index contributed by atoms with van der Waals surface area (Å²) in [7, 11) is -3.17. The first-order valence-corrected chi connectivity index (χ1v) is 9.44. The lowest BCUT2D eigenvalue weighted by molar-refractivity contribution is 0.602. The summed E-state index contributed by atoms with van der Waals surface area (Å²) >= 11 is 0. The highest BCUT2D eigenvalue weighted by Gasteiger charge is 2.09. The molecule has 2 aromatic carbocycles. The first-order valence-electron chi connectivity index (χ1n) is 7.55. The Kier molecular flexibility index (Phi) is 4.40. The summed E-state index contributed by atoms with van der Waals surface area (Å²) < 4.78 is 25.1. The third-order valence-electron chi connectivity index (χ3n) is 3.82. The van der Waals surface area contributed by atoms with Gasteiger partial charge in [0.2, 0.25) is 0 Å². The first-order chi connectivity index (χ1) is 11.4. The third kappa shape index (κ3) is 3.83. The van der Waals surface area contributed by atoms with Crippen LogP contribution in [0.1, 0.15) is 17.0 Å². The first kappa shape index (κ1) is 16.3. The van der Waals surface area contributed by atoms with E-state index in [1.165, 1.54) is 6.26 Å². The summed E-state index contributed by atoms with van der Waals surface area (Å²) in [5.74, 6) is 0.921. The van der Waals surface area contributed by atoms with Crippen molar-refractivity contribution in [2.24, 2.45) is 0 Å². The number of nitrogens with two attached hydrogens (primary N) is 1. The molecule has 0 saturated heterocycles. The van der Waals surface area contributed by atoms with Gasteiger partial charge < -0.3 is 10.3 Å². The number of hydrogen-bond donors (Lipinski definition) is 1. The summed E-state index contributed by atoms with van der Waals surface area (Å²) in [6, 6.07) is 14.7. The number of nitrogen functional groups attached to an aromatic ring is 1. The Morgan fingerprint density at radius 3 is 2.50 bits per heavy atom. The van der Waals surface area contributed by atoms with Crippen molar-refractivity contribution in [1.82, 2.24) is 9.55 Å². The Labute approximate surface area is 141 Å². The van der Waals surface area contributed by atoms with E-state index in [2.05, 4.69) is 9.55 Å². The average Bonchev–Trinajstić information content (AvgIpc) is 2.94. The lowest BCUT2D eigenvalue weighted by Crippen LogP contribution is -2.06. The van der Waals surface area contributed by atoms with Crippen LogP contribution in [0.3, 0.4) is 0 Å². The lowest BCUT2D eigenvalue weighted by Gasteiger charge is -2.09. The number of hydrogen-bond acceptors (Lipinski definition) is 4. The van der Waals surface area contributed by atoms with Crippen LogP contribution >= 0.6 is 0 Å². The van der Waals surface area contributed by atoms with Crippen LogP contribution in [-0.2, 0) is 22.8 Å². The number of rotatable bonds is 5. The molecule has 0 aliphatic carbocycles. The van der Waals surface area contributed by atoms with Gasteiger partial charge in [0.25, 0.3) is 0 Å². The molecule has 0 bridgehead atoms. The van der Waals surface area contributed by atoms with E-state index in [1.807, 2.05) is 42.6 Å². The van der Waals surface area contributed by atoms with Crippen molar-refractivity contribution < 1.29 is 8.42 Å². The zero-order chi connectivity index (χ0) is 17.2. The van der Waals surface area contributed by atoms with E-state index in [9.17, 15) is 8.42 Å². The second-order valence-corrected chi connectivity index (χ2v) is 7.83. The van der Waals surface area contributed by atoms with Crippen LogP contribution in [0, 0.1) is 0 Å². The van der Waals surface area contributed by atoms with Crippen LogP contribution in [0.25, 0.3) is 0 Å². The Bertz CT molecular complexity index is 944. The molecule has 124 valence electrons. The van der Waals surface area contributed by atoms with Gasteiger partial charge in [0.1, 0.15) is 5.82 Å². The molecule has 6 heteroatoms. The number of anilines is 1. The van der Waals surface area contributed by atoms with Crippen molar-refractivity contribution in [3.05, 3.63) is 77.9 Å². The second kappa shape index (κ2) is 6.49. The molecule has 0 amide bonds. The minimum Gasteiger partial charge on any atom is -0.399 e. The molecule has 3 aromatic rings. The molecule has 0 fully saturated rings. The average molecular weight is 341 g/mol. The highest BCUT2D eigenvalue weighted by Crippen LogP contribution is 2.15. The molecule has 0 unspecified atom stereocenters. The van der Waals surface area contributed by atoms with Gasteiger partial charge >= 0.3 is 0 Å². The van der Waals surface area contributed by atoms with Crippen molar-refractivity contribution in [1.29, 1.82) is 0 Å². The Balaban J connectivity index is 1.78. The maximum atomic E-state index is 11.5. The molecule has 1 heterocycles. The van der Waals surface area contributed by atoms with Crippen LogP contribution in [0.15, 0.2) is 65.8 Å². The number of aromatic nitrogens is 2. The predicted molar refractivity (Wildman–Crippen MR) is 94.5 cm³/mol. The monoisotopic (exact) mass is 341 g/mol. The van der Waals surface area contributed by atoms with Gasteiger partial charge in [-0.05, 0) is 35.4 Å². The predicted octanol–water partition coefficient (Wildman–Crippen LogP) is 2.51. The number of nitrogens with zero attached hydrogens (tertiary/aromatic N) is 2. The molecule has 0 saturated carbocycles. The number of sulfone groups is 1. The van der Waals surface area contributed by atoms with Gasteiger partial charge in [-0.1, -0.05) is 24.3 Å². The van der Waals surface area contributed by atoms with Crippen LogP contribution < -0.4 is 5.73 Å². The maximum Gasteiger partial charge on any atom is 0.175 e. The summed E-state index contributed by atoms with van der Waals surface area (Å²) in [5, 5.41) is 0. The molecule has 0 spiro atoms. The highest BCUT2D eigenvalue weighted by atomic mass is 32.2. The number of imidazole rings is 1. The Morgan fingerprint density at radius 2 is 1.83 bits per heavy atom. The van der Waals surface area contributed by atoms with Crippen LogP contribution in [0.2, 0.25) is 0 Å². The zero-order valence-corrected chi connectivity index (χ0v) is 14.2. The van der Waals surface area contributed by atoms with Gasteiger partial charge in [-0.15, -0.1) is 0 Å². The molecule has 2 N–H and O–H groups in total. The van der Waals surface area contributed by atoms with Crippen molar-refractivity contribution in [2.45, 2.75) is 17.9 Å². The second-order valence-electron chi connectivity index (χ2n) is 5.81. The van der Waals surface area contributed by atoms with Crippen LogP contribution in [0.4, 0.5) is 5.69 Å². The van der Waals surface area contributed by atoms with E-state index >= 15 is 0 Å². The molecule has 1 aromatic heterocycles. The lowest BCUT2D eigenvalue weighted by atomic mass is 10.1. The normalized spacial score (nSPS) is 11.5. The van der Waals surface area contributed by atoms with Crippen LogP contribution in [-0.4, -0.2) is 24.2 Å². The maximum absolute atomic E-state index is 11.5. The molecule has 5 nitrogen and oxygen atoms in total. The minimum atomic E-state index is -3.17. The van der Waals surface area contributed by atoms with Crippen molar-refractivity contribution in [3.63, 3.8) is 0 Å². The van der Waals surface area contributed by atoms with E-state index < -0.39 is 9.84 Å². The third-order valence-corrected chi connectivity index (χ3v) is 4.95. The van der Waals surface area contributed by atoms with Gasteiger partial charge in [0.15, 0.2) is 9.84 Å². The van der Waals surface area contributed by atoms with E-state index in [0.29, 0.717) is 17.9 Å². The Morgan fingerprint density at radius 1 is 1.08 bits per heavy atom. The SMILES string of the molecule is CS(=O)(=O)c1ccc(Cc2nccn2Cc2cccc(N)c2)cc1. The zero-order valence-electron chi connectivity index (χ0n) is 13.4. The van der Waals surface area contributed by atoms with E-state index in [0.717, 1.165) is 22.6 Å². The fraction of sp³-hybridized carbons (Fsp3) is 0.167. The van der Waals surface area contributed by atoms with Gasteiger partial charge in [-0.3, -0.25) is 0 Å². The summed E-state index contributed by atoms with van der Waals surface area (Å²) in [4.78, 5) is 4.74. The summed E-state index contributed by atoms with van der Waals surface area (Å²) in [5.41, 5.74) is 8.69. The molecule has 0 radical (unpaired) electrons. The largest absolute Gasteiger partial charge is 0.399 e. The van der Waals surface area contributed by atoms with Gasteiger partial charge in [-0.2, -0.15) is 0 Å². The highest BCUT2D eigenvalue weighted by molar-refractivity contribution is 7.90. The van der Waals surface area contributed by atoms with Gasteiger partial charge in [-0.25, -0.2) is 13.4 Å². The summed E-state index contributed by atoms with van der Waals surface area (Å²) in [6.45, 7) is 0.696. The molecule has 0 atom stereocenters. The molecule has 3 rings (SSSR count). The van der Waals surface area contributed by atoms with Gasteiger partial charge in [0.05, 0.1) is 4.90 Å². The van der Waals surface area contributed by atoms with E-state index in [-0.39, 0.29) is 0 Å². The molecule has 0 aliphatic rings. The fourth-order valence-corrected chi connectivity index (χ4v) is 3.21. The quantitative estimate of drug-likeness (QED) is 0.723. The number of benzene rings is 2. The van der Waals surface area contributed by atoms with Gasteiger partial charge in [0, 0.05) is 37.3 Å². The molecule has 24 heavy (non-hydrogen) atoms. The van der Waals surface area contributed by atoms with E-state index in [4.69, 9.17) is 5.73 Å². The molecular weight excluding hydrogens is 322 g/mol. The van der Waals surface area contributed by atoms with Crippen molar-refractivity contribution in [2.75, 3.05) is 12.0 Å². The molecular formula is C18H19N3O2S. The summed E-state index contributed by atoms with van der Waals surface area (Å²) in [6.07, 6.45) is 5.55. The Hall–Kier alpha value is -2.60. The smallest absolute Gasteiger partial charge is 0.175 e. The minimum absolute atomic E-state index is 0.328. The standard InChI is InChI=1S/C18H19N3O2S/c1-24(22,23)17-7-5-14(6-8-17)12-18-20-9-10-21(18)13-15-3-2-4-16(19)11-15/h2-11H,12-13,19H2,1H3. The fourth-order valence-electron chi connectivity index (χ4n) is 2.58.